The minimum Gasteiger partial charge on any atom is -0.497 e. The van der Waals surface area contributed by atoms with Crippen LogP contribution in [0.3, 0.4) is 0 Å². The summed E-state index contributed by atoms with van der Waals surface area (Å²) in [5.74, 6) is 1.47. The van der Waals surface area contributed by atoms with Gasteiger partial charge in [-0.3, -0.25) is 9.69 Å². The molecule has 0 radical (unpaired) electrons. The Hall–Kier alpha value is -2.01. The zero-order chi connectivity index (χ0) is 15.8. The maximum absolute atomic E-state index is 11.9. The highest BCUT2D eigenvalue weighted by Crippen LogP contribution is 2.25. The Kier molecular flexibility index (Phi) is 6.75. The fraction of sp³-hybridized carbons (Fsp3) is 0.438. The molecule has 0 spiro atoms. The number of hydrogen-bond donors (Lipinski definition) is 1. The van der Waals surface area contributed by atoms with Gasteiger partial charge in [-0.2, -0.15) is 0 Å². The number of amides is 1. The molecule has 0 fully saturated rings. The molecule has 0 aliphatic heterocycles. The van der Waals surface area contributed by atoms with E-state index in [2.05, 4.69) is 11.9 Å². The molecule has 0 saturated heterocycles. The van der Waals surface area contributed by atoms with Gasteiger partial charge in [-0.1, -0.05) is 12.1 Å². The standard InChI is InChI=1S/C16H24N2O3/c1-6-9-17-16(19)12(2)18(3)11-13-7-8-14(20-4)10-15(13)21-5/h6-8,10,12H,1,9,11H2,2-5H3,(H,17,19)/t12-/m0/s1. The van der Waals surface area contributed by atoms with Gasteiger partial charge in [-0.15, -0.1) is 6.58 Å². The van der Waals surface area contributed by atoms with Gasteiger partial charge in [0.2, 0.25) is 5.91 Å². The van der Waals surface area contributed by atoms with Gasteiger partial charge in [0.15, 0.2) is 0 Å². The monoisotopic (exact) mass is 292 g/mol. The van der Waals surface area contributed by atoms with Crippen LogP contribution in [-0.4, -0.2) is 44.7 Å². The SMILES string of the molecule is C=CCNC(=O)[C@H](C)N(C)Cc1ccc(OC)cc1OC. The van der Waals surface area contributed by atoms with E-state index in [1.54, 1.807) is 20.3 Å². The normalized spacial score (nSPS) is 11.9. The van der Waals surface area contributed by atoms with Gasteiger partial charge in [0.05, 0.1) is 20.3 Å². The molecule has 0 saturated carbocycles. The third-order valence-electron chi connectivity index (χ3n) is 3.38. The summed E-state index contributed by atoms with van der Waals surface area (Å²) in [6.07, 6.45) is 1.66. The van der Waals surface area contributed by atoms with E-state index in [0.717, 1.165) is 17.1 Å². The van der Waals surface area contributed by atoms with Crippen molar-refractivity contribution in [2.24, 2.45) is 0 Å². The quantitative estimate of drug-likeness (QED) is 0.743. The first-order chi connectivity index (χ1) is 10.0. The summed E-state index contributed by atoms with van der Waals surface area (Å²) in [6.45, 7) is 6.54. The summed E-state index contributed by atoms with van der Waals surface area (Å²) in [5, 5.41) is 2.80. The van der Waals surface area contributed by atoms with Crippen LogP contribution in [0.2, 0.25) is 0 Å². The average molecular weight is 292 g/mol. The number of hydrogen-bond acceptors (Lipinski definition) is 4. The minimum absolute atomic E-state index is 0.0233. The third kappa shape index (κ3) is 4.79. The van der Waals surface area contributed by atoms with E-state index in [0.29, 0.717) is 13.1 Å². The minimum atomic E-state index is -0.239. The van der Waals surface area contributed by atoms with Gasteiger partial charge in [-0.25, -0.2) is 0 Å². The highest BCUT2D eigenvalue weighted by molar-refractivity contribution is 5.81. The maximum atomic E-state index is 11.9. The van der Waals surface area contributed by atoms with E-state index < -0.39 is 0 Å². The fourth-order valence-corrected chi connectivity index (χ4v) is 1.91. The predicted octanol–water partition coefficient (Wildman–Crippen LogP) is 1.83. The van der Waals surface area contributed by atoms with Crippen molar-refractivity contribution in [2.45, 2.75) is 19.5 Å². The number of carbonyl (C=O) groups is 1. The average Bonchev–Trinajstić information content (AvgIpc) is 2.51. The van der Waals surface area contributed by atoms with E-state index in [-0.39, 0.29) is 11.9 Å². The first kappa shape index (κ1) is 17.0. The number of ether oxygens (including phenoxy) is 2. The highest BCUT2D eigenvalue weighted by Gasteiger charge is 2.18. The van der Waals surface area contributed by atoms with Gasteiger partial charge < -0.3 is 14.8 Å². The zero-order valence-corrected chi connectivity index (χ0v) is 13.2. The molecule has 5 nitrogen and oxygen atoms in total. The molecular weight excluding hydrogens is 268 g/mol. The molecule has 0 aliphatic carbocycles. The molecule has 1 amide bonds. The van der Waals surface area contributed by atoms with Gasteiger partial charge in [0.25, 0.3) is 0 Å². The van der Waals surface area contributed by atoms with Crippen molar-refractivity contribution in [3.05, 3.63) is 36.4 Å². The van der Waals surface area contributed by atoms with Gasteiger partial charge in [0, 0.05) is 24.7 Å². The summed E-state index contributed by atoms with van der Waals surface area (Å²) in [4.78, 5) is 13.9. The molecule has 1 N–H and O–H groups in total. The van der Waals surface area contributed by atoms with Crippen LogP contribution in [0.5, 0.6) is 11.5 Å². The second-order valence-electron chi connectivity index (χ2n) is 4.80. The van der Waals surface area contributed by atoms with Crippen LogP contribution >= 0.6 is 0 Å². The molecule has 1 rings (SSSR count). The van der Waals surface area contributed by atoms with E-state index >= 15 is 0 Å². The summed E-state index contributed by atoms with van der Waals surface area (Å²) in [6, 6.07) is 5.43. The number of likely N-dealkylation sites (N-methyl/N-ethyl adjacent to an activating group) is 1. The molecule has 116 valence electrons. The van der Waals surface area contributed by atoms with Crippen molar-refractivity contribution in [2.75, 3.05) is 27.8 Å². The number of rotatable bonds is 8. The van der Waals surface area contributed by atoms with Crippen molar-refractivity contribution in [1.82, 2.24) is 10.2 Å². The lowest BCUT2D eigenvalue weighted by Crippen LogP contribution is -2.42. The van der Waals surface area contributed by atoms with Crippen molar-refractivity contribution in [3.8, 4) is 11.5 Å². The Morgan fingerprint density at radius 2 is 2.14 bits per heavy atom. The number of nitrogens with one attached hydrogen (secondary N) is 1. The smallest absolute Gasteiger partial charge is 0.237 e. The summed E-state index contributed by atoms with van der Waals surface area (Å²) < 4.78 is 10.6. The van der Waals surface area contributed by atoms with E-state index in [4.69, 9.17) is 9.47 Å². The third-order valence-corrected chi connectivity index (χ3v) is 3.38. The fourth-order valence-electron chi connectivity index (χ4n) is 1.91. The Morgan fingerprint density at radius 1 is 1.43 bits per heavy atom. The molecule has 5 heteroatoms. The lowest BCUT2D eigenvalue weighted by atomic mass is 10.1. The van der Waals surface area contributed by atoms with Crippen LogP contribution < -0.4 is 14.8 Å². The first-order valence-electron chi connectivity index (χ1n) is 6.83. The molecule has 1 atom stereocenters. The van der Waals surface area contributed by atoms with E-state index in [9.17, 15) is 4.79 Å². The second-order valence-corrected chi connectivity index (χ2v) is 4.80. The Morgan fingerprint density at radius 3 is 2.71 bits per heavy atom. The van der Waals surface area contributed by atoms with Crippen molar-refractivity contribution in [1.29, 1.82) is 0 Å². The number of methoxy groups -OCH3 is 2. The van der Waals surface area contributed by atoms with Crippen LogP contribution in [0, 0.1) is 0 Å². The molecule has 1 aromatic rings. The topological polar surface area (TPSA) is 50.8 Å². The van der Waals surface area contributed by atoms with Crippen LogP contribution in [0.4, 0.5) is 0 Å². The van der Waals surface area contributed by atoms with E-state index in [1.807, 2.05) is 37.1 Å². The van der Waals surface area contributed by atoms with Gasteiger partial charge in [0.1, 0.15) is 11.5 Å². The van der Waals surface area contributed by atoms with Crippen molar-refractivity contribution in [3.63, 3.8) is 0 Å². The Balaban J connectivity index is 2.75. The molecule has 1 aromatic carbocycles. The lowest BCUT2D eigenvalue weighted by Gasteiger charge is -2.24. The van der Waals surface area contributed by atoms with E-state index in [1.165, 1.54) is 0 Å². The second kappa shape index (κ2) is 8.32. The van der Waals surface area contributed by atoms with Crippen LogP contribution in [0.15, 0.2) is 30.9 Å². The molecule has 0 bridgehead atoms. The summed E-state index contributed by atoms with van der Waals surface area (Å²) in [7, 11) is 5.15. The van der Waals surface area contributed by atoms with Crippen molar-refractivity contribution < 1.29 is 14.3 Å². The largest absolute Gasteiger partial charge is 0.497 e. The van der Waals surface area contributed by atoms with Crippen LogP contribution in [0.25, 0.3) is 0 Å². The van der Waals surface area contributed by atoms with Gasteiger partial charge >= 0.3 is 0 Å². The number of benzene rings is 1. The summed E-state index contributed by atoms with van der Waals surface area (Å²) >= 11 is 0. The summed E-state index contributed by atoms with van der Waals surface area (Å²) in [5.41, 5.74) is 1.00. The molecule has 0 aliphatic rings. The molecule has 0 unspecified atom stereocenters. The van der Waals surface area contributed by atoms with Crippen molar-refractivity contribution >= 4 is 5.91 Å². The zero-order valence-electron chi connectivity index (χ0n) is 13.2. The number of carbonyl (C=O) groups excluding carboxylic acids is 1. The lowest BCUT2D eigenvalue weighted by molar-refractivity contribution is -0.125. The molecule has 0 heterocycles. The first-order valence-corrected chi connectivity index (χ1v) is 6.83. The van der Waals surface area contributed by atoms with Crippen LogP contribution in [0.1, 0.15) is 12.5 Å². The highest BCUT2D eigenvalue weighted by atomic mass is 16.5. The van der Waals surface area contributed by atoms with Gasteiger partial charge in [-0.05, 0) is 20.0 Å². The molecular formula is C16H24N2O3. The molecule has 0 aromatic heterocycles. The Labute approximate surface area is 126 Å². The maximum Gasteiger partial charge on any atom is 0.237 e. The Bertz CT molecular complexity index is 488. The predicted molar refractivity (Wildman–Crippen MR) is 83.7 cm³/mol. The van der Waals surface area contributed by atoms with Crippen LogP contribution in [-0.2, 0) is 11.3 Å². The molecule has 21 heavy (non-hydrogen) atoms. The number of nitrogens with zero attached hydrogens (tertiary/aromatic N) is 1.